The number of imide groups is 1. The van der Waals surface area contributed by atoms with Gasteiger partial charge in [0.05, 0.1) is 5.69 Å². The van der Waals surface area contributed by atoms with Gasteiger partial charge in [-0.05, 0) is 44.5 Å². The lowest BCUT2D eigenvalue weighted by molar-refractivity contribution is -0.192. The average Bonchev–Trinajstić information content (AvgIpc) is 2.86. The summed E-state index contributed by atoms with van der Waals surface area (Å²) in [5.74, 6) is -2.78. The van der Waals surface area contributed by atoms with Crippen molar-refractivity contribution in [2.24, 2.45) is 5.92 Å². The molecule has 152 valence electrons. The van der Waals surface area contributed by atoms with E-state index in [2.05, 4.69) is 4.90 Å². The zero-order valence-corrected chi connectivity index (χ0v) is 15.0. The quantitative estimate of drug-likeness (QED) is 0.780. The zero-order valence-electron chi connectivity index (χ0n) is 15.0. The summed E-state index contributed by atoms with van der Waals surface area (Å²) in [7, 11) is 0. The Morgan fingerprint density at radius 2 is 1.79 bits per heavy atom. The monoisotopic (exact) mass is 400 g/mol. The molecular weight excluding hydrogens is 381 g/mol. The second-order valence-corrected chi connectivity index (χ2v) is 7.04. The molecule has 1 atom stereocenters. The third-order valence-electron chi connectivity index (χ3n) is 5.32. The maximum Gasteiger partial charge on any atom is 0.490 e. The van der Waals surface area contributed by atoms with Crippen LogP contribution in [0.25, 0.3) is 0 Å². The number of para-hydroxylation sites is 1. The van der Waals surface area contributed by atoms with Crippen molar-refractivity contribution in [2.75, 3.05) is 24.5 Å². The van der Waals surface area contributed by atoms with Gasteiger partial charge in [-0.25, -0.2) is 14.5 Å². The van der Waals surface area contributed by atoms with E-state index in [0.717, 1.165) is 31.5 Å². The van der Waals surface area contributed by atoms with Gasteiger partial charge < -0.3 is 9.84 Å². The zero-order chi connectivity index (χ0) is 20.7. The first kappa shape index (κ1) is 20.1. The molecule has 4 aliphatic rings. The molecule has 10 heteroatoms. The summed E-state index contributed by atoms with van der Waals surface area (Å²) in [4.78, 5) is 37.7. The normalized spacial score (nSPS) is 28.8. The number of aliphatic carboxylic acids is 1. The van der Waals surface area contributed by atoms with Gasteiger partial charge in [0.15, 0.2) is 0 Å². The molecule has 4 saturated heterocycles. The SMILES string of the molecule is Cc1ccccc1N1C(=O)OC2(CN3CCC2CC3)C1=O.O=C(O)C(F)(F)F. The number of benzene rings is 1. The summed E-state index contributed by atoms with van der Waals surface area (Å²) >= 11 is 0. The third-order valence-corrected chi connectivity index (χ3v) is 5.32. The highest BCUT2D eigenvalue weighted by Crippen LogP contribution is 2.44. The lowest BCUT2D eigenvalue weighted by Crippen LogP contribution is -2.63. The van der Waals surface area contributed by atoms with Gasteiger partial charge in [0, 0.05) is 12.5 Å². The van der Waals surface area contributed by atoms with Crippen molar-refractivity contribution in [3.05, 3.63) is 29.8 Å². The number of anilines is 1. The van der Waals surface area contributed by atoms with E-state index in [1.807, 2.05) is 25.1 Å². The fraction of sp³-hybridized carbons (Fsp3) is 0.500. The first-order chi connectivity index (χ1) is 13.1. The van der Waals surface area contributed by atoms with E-state index in [1.54, 1.807) is 6.07 Å². The minimum absolute atomic E-state index is 0.160. The molecule has 28 heavy (non-hydrogen) atoms. The molecule has 1 unspecified atom stereocenters. The van der Waals surface area contributed by atoms with Crippen LogP contribution >= 0.6 is 0 Å². The Labute approximate surface area is 158 Å². The Bertz CT molecular complexity index is 805. The minimum atomic E-state index is -5.08. The summed E-state index contributed by atoms with van der Waals surface area (Å²) in [6, 6.07) is 7.44. The average molecular weight is 400 g/mol. The maximum absolute atomic E-state index is 13.0. The van der Waals surface area contributed by atoms with E-state index in [4.69, 9.17) is 14.6 Å². The van der Waals surface area contributed by atoms with Crippen molar-refractivity contribution in [3.8, 4) is 0 Å². The van der Waals surface area contributed by atoms with Crippen LogP contribution in [0.15, 0.2) is 24.3 Å². The summed E-state index contributed by atoms with van der Waals surface area (Å²) in [6.45, 7) is 4.45. The van der Waals surface area contributed by atoms with Crippen LogP contribution in [0, 0.1) is 12.8 Å². The van der Waals surface area contributed by atoms with Crippen LogP contribution < -0.4 is 4.90 Å². The predicted molar refractivity (Wildman–Crippen MR) is 90.7 cm³/mol. The highest BCUT2D eigenvalue weighted by atomic mass is 19.4. The molecule has 4 heterocycles. The molecule has 4 fully saturated rings. The molecule has 0 aliphatic carbocycles. The first-order valence-corrected chi connectivity index (χ1v) is 8.72. The van der Waals surface area contributed by atoms with Gasteiger partial charge in [0.1, 0.15) is 0 Å². The topological polar surface area (TPSA) is 87.2 Å². The van der Waals surface area contributed by atoms with Gasteiger partial charge in [0.25, 0.3) is 5.91 Å². The number of halogens is 3. The van der Waals surface area contributed by atoms with Crippen molar-refractivity contribution in [1.82, 2.24) is 4.90 Å². The van der Waals surface area contributed by atoms with Gasteiger partial charge in [-0.15, -0.1) is 0 Å². The highest BCUT2D eigenvalue weighted by Gasteiger charge is 2.62. The standard InChI is InChI=1S/C16H18N2O3.C2HF3O2/c1-11-4-2-3-5-13(11)18-14(19)16(21-15(18)20)10-17-8-6-12(16)7-9-17;3-2(4,5)1(6)7/h2-5,12H,6-10H2,1H3;(H,6,7). The van der Waals surface area contributed by atoms with Crippen molar-refractivity contribution in [1.29, 1.82) is 0 Å². The van der Waals surface area contributed by atoms with Gasteiger partial charge in [0.2, 0.25) is 5.60 Å². The molecule has 0 radical (unpaired) electrons. The molecule has 2 amide bonds. The number of alkyl halides is 3. The molecule has 1 aromatic carbocycles. The number of piperidine rings is 3. The van der Waals surface area contributed by atoms with Crippen molar-refractivity contribution < 1.29 is 37.4 Å². The second kappa shape index (κ2) is 7.08. The predicted octanol–water partition coefficient (Wildman–Crippen LogP) is 2.58. The van der Waals surface area contributed by atoms with E-state index in [1.165, 1.54) is 4.90 Å². The molecule has 1 spiro atoms. The summed E-state index contributed by atoms with van der Waals surface area (Å²) in [5, 5.41) is 7.12. The van der Waals surface area contributed by atoms with Crippen LogP contribution in [0.3, 0.4) is 0 Å². The number of carbonyl (C=O) groups excluding carboxylic acids is 2. The Morgan fingerprint density at radius 3 is 2.25 bits per heavy atom. The van der Waals surface area contributed by atoms with Crippen molar-refractivity contribution >= 4 is 23.7 Å². The number of hydrogen-bond acceptors (Lipinski definition) is 5. The smallest absolute Gasteiger partial charge is 0.475 e. The van der Waals surface area contributed by atoms with Crippen LogP contribution in [0.1, 0.15) is 18.4 Å². The Kier molecular flexibility index (Phi) is 5.09. The van der Waals surface area contributed by atoms with Crippen LogP contribution in [0.4, 0.5) is 23.7 Å². The van der Waals surface area contributed by atoms with Gasteiger partial charge in [-0.1, -0.05) is 18.2 Å². The van der Waals surface area contributed by atoms with Crippen LogP contribution in [0.2, 0.25) is 0 Å². The van der Waals surface area contributed by atoms with Crippen molar-refractivity contribution in [2.45, 2.75) is 31.5 Å². The molecule has 1 aromatic rings. The minimum Gasteiger partial charge on any atom is -0.475 e. The van der Waals surface area contributed by atoms with E-state index < -0.39 is 23.8 Å². The summed E-state index contributed by atoms with van der Waals surface area (Å²) in [6.07, 6.45) is -3.75. The number of hydrogen-bond donors (Lipinski definition) is 1. The highest BCUT2D eigenvalue weighted by molar-refractivity contribution is 6.20. The number of amides is 2. The second-order valence-electron chi connectivity index (χ2n) is 7.04. The molecule has 5 rings (SSSR count). The van der Waals surface area contributed by atoms with E-state index in [0.29, 0.717) is 12.2 Å². The molecule has 2 bridgehead atoms. The number of carbonyl (C=O) groups is 3. The number of carboxylic acid groups (broad SMARTS) is 1. The first-order valence-electron chi connectivity index (χ1n) is 8.72. The summed E-state index contributed by atoms with van der Waals surface area (Å²) in [5.41, 5.74) is 0.595. The lowest BCUT2D eigenvalue weighted by atomic mass is 9.75. The van der Waals surface area contributed by atoms with Crippen LogP contribution in [-0.2, 0) is 14.3 Å². The van der Waals surface area contributed by atoms with E-state index in [-0.39, 0.29) is 11.8 Å². The largest absolute Gasteiger partial charge is 0.490 e. The van der Waals surface area contributed by atoms with E-state index >= 15 is 0 Å². The van der Waals surface area contributed by atoms with Crippen LogP contribution in [0.5, 0.6) is 0 Å². The number of fused-ring (bicyclic) bond motifs is 2. The molecule has 1 N–H and O–H groups in total. The molecule has 0 saturated carbocycles. The Hall–Kier alpha value is -2.62. The molecule has 4 aliphatic heterocycles. The number of carboxylic acids is 1. The molecule has 7 nitrogen and oxygen atoms in total. The number of aryl methyl sites for hydroxylation is 1. The van der Waals surface area contributed by atoms with E-state index in [9.17, 15) is 22.8 Å². The lowest BCUT2D eigenvalue weighted by Gasteiger charge is -2.48. The van der Waals surface area contributed by atoms with Gasteiger partial charge in [-0.3, -0.25) is 9.69 Å². The fourth-order valence-electron chi connectivity index (χ4n) is 3.92. The third kappa shape index (κ3) is 3.44. The van der Waals surface area contributed by atoms with Crippen LogP contribution in [-0.4, -0.2) is 59.4 Å². The Balaban J connectivity index is 0.000000279. The number of ether oxygens (including phenoxy) is 1. The number of nitrogens with zero attached hydrogens (tertiary/aromatic N) is 2. The number of rotatable bonds is 1. The Morgan fingerprint density at radius 1 is 1.21 bits per heavy atom. The molecule has 0 aromatic heterocycles. The van der Waals surface area contributed by atoms with Gasteiger partial charge in [-0.2, -0.15) is 13.2 Å². The van der Waals surface area contributed by atoms with Gasteiger partial charge >= 0.3 is 18.2 Å². The summed E-state index contributed by atoms with van der Waals surface area (Å²) < 4.78 is 37.4. The fourth-order valence-corrected chi connectivity index (χ4v) is 3.92. The molecular formula is C18H19F3N2O5. The maximum atomic E-state index is 13.0. The van der Waals surface area contributed by atoms with Crippen molar-refractivity contribution in [3.63, 3.8) is 0 Å².